The second kappa shape index (κ2) is 8.21. The van der Waals surface area contributed by atoms with Crippen LogP contribution >= 0.6 is 0 Å². The molecule has 24 heavy (non-hydrogen) atoms. The minimum Gasteiger partial charge on any atom is -0.497 e. The molecule has 1 aliphatic heterocycles. The molecule has 3 atom stereocenters. The van der Waals surface area contributed by atoms with E-state index in [9.17, 15) is 0 Å². The molecular weight excluding hydrogens is 302 g/mol. The SMILES string of the molecule is CCC(C)OC1CCCCC1N1CC(Oc2cccc(OC)c2)C1. The summed E-state index contributed by atoms with van der Waals surface area (Å²) >= 11 is 0. The monoisotopic (exact) mass is 333 g/mol. The van der Waals surface area contributed by atoms with E-state index in [0.717, 1.165) is 31.0 Å². The molecule has 134 valence electrons. The largest absolute Gasteiger partial charge is 0.497 e. The average molecular weight is 333 g/mol. The zero-order chi connectivity index (χ0) is 16.9. The predicted molar refractivity (Wildman–Crippen MR) is 95.9 cm³/mol. The summed E-state index contributed by atoms with van der Waals surface area (Å²) in [5.74, 6) is 1.74. The van der Waals surface area contributed by atoms with Crippen LogP contribution in [0.15, 0.2) is 24.3 Å². The van der Waals surface area contributed by atoms with Gasteiger partial charge in [0.2, 0.25) is 0 Å². The first kappa shape index (κ1) is 17.6. The first-order chi connectivity index (χ1) is 11.7. The van der Waals surface area contributed by atoms with Gasteiger partial charge in [0.05, 0.1) is 19.3 Å². The van der Waals surface area contributed by atoms with Crippen LogP contribution in [0, 0.1) is 0 Å². The van der Waals surface area contributed by atoms with Crippen molar-refractivity contribution in [1.29, 1.82) is 0 Å². The van der Waals surface area contributed by atoms with Gasteiger partial charge in [-0.3, -0.25) is 4.90 Å². The fourth-order valence-electron chi connectivity index (χ4n) is 3.73. The topological polar surface area (TPSA) is 30.9 Å². The van der Waals surface area contributed by atoms with Crippen molar-refractivity contribution >= 4 is 0 Å². The van der Waals surface area contributed by atoms with Crippen molar-refractivity contribution in [3.63, 3.8) is 0 Å². The minimum absolute atomic E-state index is 0.281. The molecule has 1 aromatic rings. The maximum atomic E-state index is 6.29. The van der Waals surface area contributed by atoms with Crippen LogP contribution in [0.3, 0.4) is 0 Å². The van der Waals surface area contributed by atoms with E-state index in [1.165, 1.54) is 25.7 Å². The molecule has 0 N–H and O–H groups in total. The fourth-order valence-corrected chi connectivity index (χ4v) is 3.73. The van der Waals surface area contributed by atoms with Crippen molar-refractivity contribution in [2.75, 3.05) is 20.2 Å². The van der Waals surface area contributed by atoms with Gasteiger partial charge >= 0.3 is 0 Å². The van der Waals surface area contributed by atoms with Gasteiger partial charge in [0, 0.05) is 25.2 Å². The highest BCUT2D eigenvalue weighted by Crippen LogP contribution is 2.31. The minimum atomic E-state index is 0.281. The maximum absolute atomic E-state index is 6.29. The van der Waals surface area contributed by atoms with Gasteiger partial charge in [-0.15, -0.1) is 0 Å². The summed E-state index contributed by atoms with van der Waals surface area (Å²) in [5.41, 5.74) is 0. The van der Waals surface area contributed by atoms with Crippen molar-refractivity contribution in [3.05, 3.63) is 24.3 Å². The lowest BCUT2D eigenvalue weighted by atomic mass is 9.89. The highest BCUT2D eigenvalue weighted by molar-refractivity contribution is 5.33. The number of likely N-dealkylation sites (tertiary alicyclic amines) is 1. The van der Waals surface area contributed by atoms with E-state index in [-0.39, 0.29) is 6.10 Å². The smallest absolute Gasteiger partial charge is 0.124 e. The third-order valence-electron chi connectivity index (χ3n) is 5.34. The Morgan fingerprint density at radius 1 is 1.17 bits per heavy atom. The standard InChI is InChI=1S/C20H31NO3/c1-4-15(2)23-20-11-6-5-10-19(20)21-13-18(14-21)24-17-9-7-8-16(12-17)22-3/h7-9,12,15,18-20H,4-6,10-11,13-14H2,1-3H3. The van der Waals surface area contributed by atoms with Crippen LogP contribution in [0.25, 0.3) is 0 Å². The van der Waals surface area contributed by atoms with E-state index in [4.69, 9.17) is 14.2 Å². The van der Waals surface area contributed by atoms with E-state index < -0.39 is 0 Å². The summed E-state index contributed by atoms with van der Waals surface area (Å²) in [7, 11) is 1.69. The fraction of sp³-hybridized carbons (Fsp3) is 0.700. The molecule has 3 unspecified atom stereocenters. The molecule has 1 saturated heterocycles. The van der Waals surface area contributed by atoms with Crippen molar-refractivity contribution in [2.45, 2.75) is 70.3 Å². The summed E-state index contributed by atoms with van der Waals surface area (Å²) < 4.78 is 17.6. The number of rotatable bonds is 7. The first-order valence-electron chi connectivity index (χ1n) is 9.39. The number of hydrogen-bond donors (Lipinski definition) is 0. The molecule has 0 aromatic heterocycles. The molecule has 1 heterocycles. The molecule has 4 nitrogen and oxygen atoms in total. The van der Waals surface area contributed by atoms with Crippen LogP contribution in [0.5, 0.6) is 11.5 Å². The van der Waals surface area contributed by atoms with Crippen LogP contribution in [0.1, 0.15) is 46.0 Å². The van der Waals surface area contributed by atoms with Crippen molar-refractivity contribution in [1.82, 2.24) is 4.90 Å². The molecule has 3 rings (SSSR count). The van der Waals surface area contributed by atoms with Crippen molar-refractivity contribution in [3.8, 4) is 11.5 Å². The van der Waals surface area contributed by atoms with Gasteiger partial charge in [-0.05, 0) is 38.3 Å². The van der Waals surface area contributed by atoms with Crippen LogP contribution < -0.4 is 9.47 Å². The predicted octanol–water partition coefficient (Wildman–Crippen LogP) is 3.88. The molecule has 2 fully saturated rings. The lowest BCUT2D eigenvalue weighted by Gasteiger charge is -2.48. The first-order valence-corrected chi connectivity index (χ1v) is 9.39. The van der Waals surface area contributed by atoms with Gasteiger partial charge in [0.25, 0.3) is 0 Å². The Balaban J connectivity index is 1.50. The van der Waals surface area contributed by atoms with Gasteiger partial charge in [0.1, 0.15) is 17.6 Å². The second-order valence-electron chi connectivity index (χ2n) is 7.12. The molecular formula is C20H31NO3. The molecule has 0 bridgehead atoms. The molecule has 4 heteroatoms. The van der Waals surface area contributed by atoms with Gasteiger partial charge < -0.3 is 14.2 Å². The van der Waals surface area contributed by atoms with Gasteiger partial charge in [-0.2, -0.15) is 0 Å². The molecule has 1 aliphatic carbocycles. The third-order valence-corrected chi connectivity index (χ3v) is 5.34. The number of nitrogens with zero attached hydrogens (tertiary/aromatic N) is 1. The Labute approximate surface area is 146 Å². The lowest BCUT2D eigenvalue weighted by Crippen LogP contribution is -2.61. The van der Waals surface area contributed by atoms with E-state index >= 15 is 0 Å². The van der Waals surface area contributed by atoms with Crippen LogP contribution in [0.2, 0.25) is 0 Å². The molecule has 0 radical (unpaired) electrons. The normalized spacial score (nSPS) is 26.6. The van der Waals surface area contributed by atoms with Crippen molar-refractivity contribution < 1.29 is 14.2 Å². The van der Waals surface area contributed by atoms with Crippen molar-refractivity contribution in [2.24, 2.45) is 0 Å². The van der Waals surface area contributed by atoms with Gasteiger partial charge in [-0.25, -0.2) is 0 Å². The van der Waals surface area contributed by atoms with E-state index in [1.54, 1.807) is 7.11 Å². The molecule has 0 amide bonds. The molecule has 2 aliphatic rings. The third kappa shape index (κ3) is 4.22. The molecule has 1 saturated carbocycles. The highest BCUT2D eigenvalue weighted by Gasteiger charge is 2.39. The number of methoxy groups -OCH3 is 1. The maximum Gasteiger partial charge on any atom is 0.124 e. The Morgan fingerprint density at radius 2 is 1.92 bits per heavy atom. The average Bonchev–Trinajstić information content (AvgIpc) is 2.58. The van der Waals surface area contributed by atoms with Crippen LogP contribution in [0.4, 0.5) is 0 Å². The quantitative estimate of drug-likeness (QED) is 0.757. The summed E-state index contributed by atoms with van der Waals surface area (Å²) in [5, 5.41) is 0. The lowest BCUT2D eigenvalue weighted by molar-refractivity contribution is -0.106. The second-order valence-corrected chi connectivity index (χ2v) is 7.12. The zero-order valence-corrected chi connectivity index (χ0v) is 15.2. The molecule has 0 spiro atoms. The van der Waals surface area contributed by atoms with Gasteiger partial charge in [-0.1, -0.05) is 25.8 Å². The van der Waals surface area contributed by atoms with E-state index in [2.05, 4.69) is 18.7 Å². The Kier molecular flexibility index (Phi) is 6.01. The van der Waals surface area contributed by atoms with Crippen LogP contribution in [-0.2, 0) is 4.74 Å². The Hall–Kier alpha value is -1.26. The van der Waals surface area contributed by atoms with Gasteiger partial charge in [0.15, 0.2) is 0 Å². The molecule has 1 aromatic carbocycles. The number of benzene rings is 1. The summed E-state index contributed by atoms with van der Waals surface area (Å²) in [4.78, 5) is 2.55. The highest BCUT2D eigenvalue weighted by atomic mass is 16.5. The number of hydrogen-bond acceptors (Lipinski definition) is 4. The zero-order valence-electron chi connectivity index (χ0n) is 15.2. The summed E-state index contributed by atoms with van der Waals surface area (Å²) in [6.45, 7) is 6.39. The Morgan fingerprint density at radius 3 is 2.67 bits per heavy atom. The van der Waals surface area contributed by atoms with E-state index in [1.807, 2.05) is 24.3 Å². The summed E-state index contributed by atoms with van der Waals surface area (Å²) in [6.07, 6.45) is 7.21. The number of ether oxygens (including phenoxy) is 3. The van der Waals surface area contributed by atoms with E-state index in [0.29, 0.717) is 18.2 Å². The van der Waals surface area contributed by atoms with Crippen LogP contribution in [-0.4, -0.2) is 49.5 Å². The Bertz CT molecular complexity index is 515. The summed E-state index contributed by atoms with van der Waals surface area (Å²) in [6, 6.07) is 8.44.